The van der Waals surface area contributed by atoms with E-state index in [0.29, 0.717) is 18.0 Å². The molecule has 3 heterocycles. The normalized spacial score (nSPS) is 29.1. The molecule has 30 heavy (non-hydrogen) atoms. The Morgan fingerprint density at radius 3 is 2.07 bits per heavy atom. The number of aromatic nitrogens is 3. The summed E-state index contributed by atoms with van der Waals surface area (Å²) in [5, 5.41) is 7.65. The Hall–Kier alpha value is -1.23. The lowest BCUT2D eigenvalue weighted by Gasteiger charge is -2.37. The van der Waals surface area contributed by atoms with Crippen molar-refractivity contribution < 1.29 is 9.47 Å². The molecule has 0 bridgehead atoms. The zero-order valence-electron chi connectivity index (χ0n) is 18.0. The van der Waals surface area contributed by atoms with Crippen LogP contribution in [0.2, 0.25) is 0 Å². The lowest BCUT2D eigenvalue weighted by Crippen LogP contribution is -2.50. The fourth-order valence-electron chi connectivity index (χ4n) is 4.81. The van der Waals surface area contributed by atoms with Crippen LogP contribution in [-0.2, 0) is 9.47 Å². The van der Waals surface area contributed by atoms with Crippen molar-refractivity contribution in [2.45, 2.75) is 37.3 Å². The standard InChI is InChI=1S/C21H37N7O2/c1-2-19(21-25-16-22-17-26-21)20(24-4-6-28-9-13-30-14-10-28)15-18(1)23-3-5-27-7-11-29-12-8-27/h16-20,23-24H,1-15H2. The molecule has 0 amide bonds. The quantitative estimate of drug-likeness (QED) is 0.561. The molecule has 2 saturated heterocycles. The number of nitrogens with one attached hydrogen (secondary N) is 2. The molecule has 3 aliphatic rings. The third-order valence-electron chi connectivity index (χ3n) is 6.60. The molecular weight excluding hydrogens is 382 g/mol. The number of ether oxygens (including phenoxy) is 2. The van der Waals surface area contributed by atoms with Crippen LogP contribution in [0.1, 0.15) is 31.0 Å². The zero-order chi connectivity index (χ0) is 20.4. The van der Waals surface area contributed by atoms with Gasteiger partial charge in [-0.05, 0) is 19.3 Å². The van der Waals surface area contributed by atoms with E-state index >= 15 is 0 Å². The highest BCUT2D eigenvalue weighted by Crippen LogP contribution is 2.31. The monoisotopic (exact) mass is 419 g/mol. The minimum atomic E-state index is 0.356. The van der Waals surface area contributed by atoms with Crippen molar-refractivity contribution in [1.82, 2.24) is 35.4 Å². The SMILES string of the molecule is c1ncnc(C2CCC(NCCN3CCOCC3)CC2NCCN2CCOCC2)n1. The lowest BCUT2D eigenvalue weighted by molar-refractivity contribution is 0.0372. The molecule has 2 aliphatic heterocycles. The number of hydrogen-bond acceptors (Lipinski definition) is 9. The third kappa shape index (κ3) is 6.63. The van der Waals surface area contributed by atoms with Gasteiger partial charge in [0.25, 0.3) is 0 Å². The van der Waals surface area contributed by atoms with Gasteiger partial charge in [-0.15, -0.1) is 0 Å². The molecule has 1 saturated carbocycles. The van der Waals surface area contributed by atoms with Crippen LogP contribution < -0.4 is 10.6 Å². The first kappa shape index (κ1) is 22.0. The largest absolute Gasteiger partial charge is 0.379 e. The van der Waals surface area contributed by atoms with Gasteiger partial charge in [-0.3, -0.25) is 9.80 Å². The Morgan fingerprint density at radius 2 is 1.43 bits per heavy atom. The van der Waals surface area contributed by atoms with Gasteiger partial charge in [0, 0.05) is 70.4 Å². The summed E-state index contributed by atoms with van der Waals surface area (Å²) in [6, 6.07) is 0.938. The van der Waals surface area contributed by atoms with Gasteiger partial charge in [0.2, 0.25) is 0 Å². The summed E-state index contributed by atoms with van der Waals surface area (Å²) in [7, 11) is 0. The topological polar surface area (TPSA) is 87.7 Å². The van der Waals surface area contributed by atoms with E-state index in [-0.39, 0.29) is 0 Å². The van der Waals surface area contributed by atoms with Crippen molar-refractivity contribution in [2.24, 2.45) is 0 Å². The highest BCUT2D eigenvalue weighted by molar-refractivity contribution is 5.04. The van der Waals surface area contributed by atoms with Gasteiger partial charge in [0.05, 0.1) is 26.4 Å². The minimum absolute atomic E-state index is 0.356. The van der Waals surface area contributed by atoms with Gasteiger partial charge in [-0.2, -0.15) is 0 Å². The average Bonchev–Trinajstić information content (AvgIpc) is 2.81. The van der Waals surface area contributed by atoms with E-state index in [1.807, 2.05) is 0 Å². The van der Waals surface area contributed by atoms with E-state index in [1.165, 1.54) is 6.42 Å². The Bertz CT molecular complexity index is 596. The summed E-state index contributed by atoms with van der Waals surface area (Å²) < 4.78 is 10.9. The molecule has 0 spiro atoms. The molecule has 1 aromatic rings. The van der Waals surface area contributed by atoms with E-state index in [0.717, 1.165) is 97.5 Å². The van der Waals surface area contributed by atoms with Crippen LogP contribution in [0.25, 0.3) is 0 Å². The van der Waals surface area contributed by atoms with Crippen LogP contribution in [0.15, 0.2) is 12.7 Å². The van der Waals surface area contributed by atoms with Crippen LogP contribution in [0.4, 0.5) is 0 Å². The predicted molar refractivity (Wildman–Crippen MR) is 115 cm³/mol. The van der Waals surface area contributed by atoms with Gasteiger partial charge in [0.1, 0.15) is 18.5 Å². The second-order valence-electron chi connectivity index (χ2n) is 8.54. The summed E-state index contributed by atoms with van der Waals surface area (Å²) in [5.74, 6) is 1.29. The molecule has 1 aliphatic carbocycles. The second kappa shape index (κ2) is 12.0. The number of hydrogen-bond donors (Lipinski definition) is 2. The molecule has 9 nitrogen and oxygen atoms in total. The maximum Gasteiger partial charge on any atom is 0.136 e. The molecule has 168 valence electrons. The first-order chi connectivity index (χ1) is 14.9. The predicted octanol–water partition coefficient (Wildman–Crippen LogP) is -0.280. The molecule has 9 heteroatoms. The summed E-state index contributed by atoms with van der Waals surface area (Å²) >= 11 is 0. The number of morpholine rings is 2. The van der Waals surface area contributed by atoms with Crippen molar-refractivity contribution in [3.8, 4) is 0 Å². The lowest BCUT2D eigenvalue weighted by atomic mass is 9.81. The van der Waals surface area contributed by atoms with E-state index in [2.05, 4.69) is 35.4 Å². The van der Waals surface area contributed by atoms with E-state index in [1.54, 1.807) is 12.7 Å². The number of nitrogens with zero attached hydrogens (tertiary/aromatic N) is 5. The van der Waals surface area contributed by atoms with Crippen LogP contribution in [0.5, 0.6) is 0 Å². The zero-order valence-corrected chi connectivity index (χ0v) is 18.0. The van der Waals surface area contributed by atoms with Crippen LogP contribution in [0, 0.1) is 0 Å². The summed E-state index contributed by atoms with van der Waals surface area (Å²) in [5.41, 5.74) is 0. The molecule has 0 aromatic carbocycles. The third-order valence-corrected chi connectivity index (χ3v) is 6.60. The van der Waals surface area contributed by atoms with Crippen LogP contribution in [-0.4, -0.2) is 116 Å². The van der Waals surface area contributed by atoms with Crippen LogP contribution >= 0.6 is 0 Å². The second-order valence-corrected chi connectivity index (χ2v) is 8.54. The van der Waals surface area contributed by atoms with Crippen molar-refractivity contribution in [3.63, 3.8) is 0 Å². The van der Waals surface area contributed by atoms with Gasteiger partial charge in [-0.1, -0.05) is 0 Å². The summed E-state index contributed by atoms with van der Waals surface area (Å²) in [6.45, 7) is 11.8. The van der Waals surface area contributed by atoms with Crippen molar-refractivity contribution >= 4 is 0 Å². The molecule has 1 aromatic heterocycles. The summed E-state index contributed by atoms with van der Waals surface area (Å²) in [4.78, 5) is 17.9. The molecule has 3 atom stereocenters. The molecule has 0 radical (unpaired) electrons. The fraction of sp³-hybridized carbons (Fsp3) is 0.857. The van der Waals surface area contributed by atoms with E-state index in [4.69, 9.17) is 9.47 Å². The van der Waals surface area contributed by atoms with Gasteiger partial charge < -0.3 is 20.1 Å². The van der Waals surface area contributed by atoms with E-state index < -0.39 is 0 Å². The van der Waals surface area contributed by atoms with Crippen molar-refractivity contribution in [3.05, 3.63) is 18.5 Å². The Morgan fingerprint density at radius 1 is 0.833 bits per heavy atom. The van der Waals surface area contributed by atoms with Crippen molar-refractivity contribution in [2.75, 3.05) is 78.8 Å². The highest BCUT2D eigenvalue weighted by atomic mass is 16.5. The van der Waals surface area contributed by atoms with E-state index in [9.17, 15) is 0 Å². The maximum absolute atomic E-state index is 5.46. The Labute approximate surface area is 179 Å². The van der Waals surface area contributed by atoms with Gasteiger partial charge >= 0.3 is 0 Å². The molecule has 4 rings (SSSR count). The first-order valence-corrected chi connectivity index (χ1v) is 11.6. The van der Waals surface area contributed by atoms with Crippen LogP contribution in [0.3, 0.4) is 0 Å². The van der Waals surface area contributed by atoms with Crippen molar-refractivity contribution in [1.29, 1.82) is 0 Å². The van der Waals surface area contributed by atoms with Gasteiger partial charge in [0.15, 0.2) is 0 Å². The minimum Gasteiger partial charge on any atom is -0.379 e. The maximum atomic E-state index is 5.46. The van der Waals surface area contributed by atoms with Gasteiger partial charge in [-0.25, -0.2) is 15.0 Å². The number of rotatable bonds is 9. The summed E-state index contributed by atoms with van der Waals surface area (Å²) in [6.07, 6.45) is 6.64. The molecule has 2 N–H and O–H groups in total. The smallest absolute Gasteiger partial charge is 0.136 e. The first-order valence-electron chi connectivity index (χ1n) is 11.6. The highest BCUT2D eigenvalue weighted by Gasteiger charge is 2.33. The molecule has 3 fully saturated rings. The molecular formula is C21H37N7O2. The fourth-order valence-corrected chi connectivity index (χ4v) is 4.81. The average molecular weight is 420 g/mol. The Balaban J connectivity index is 1.26. The molecule has 3 unspecified atom stereocenters. The Kier molecular flexibility index (Phi) is 8.77.